The monoisotopic (exact) mass is 218 g/mol. The van der Waals surface area contributed by atoms with Gasteiger partial charge in [0, 0.05) is 7.05 Å². The van der Waals surface area contributed by atoms with Crippen molar-refractivity contribution in [3.05, 3.63) is 0 Å². The van der Waals surface area contributed by atoms with Crippen molar-refractivity contribution >= 4 is 24.6 Å². The van der Waals surface area contributed by atoms with E-state index < -0.39 is 24.6 Å². The van der Waals surface area contributed by atoms with Crippen molar-refractivity contribution in [2.24, 2.45) is 5.10 Å². The summed E-state index contributed by atoms with van der Waals surface area (Å²) in [6, 6.07) is 0. The van der Waals surface area contributed by atoms with Gasteiger partial charge in [0.15, 0.2) is 0 Å². The molecule has 72 valence electrons. The molecular formula is C2H6N2O6S2. The maximum absolute atomic E-state index is 10.2. The Morgan fingerprint density at radius 3 is 1.58 bits per heavy atom. The number of nitrogens with zero attached hydrogens (tertiary/aromatic N) is 1. The van der Waals surface area contributed by atoms with Crippen LogP contribution in [-0.2, 0) is 20.2 Å². The Kier molecular flexibility index (Phi) is 3.15. The summed E-state index contributed by atoms with van der Waals surface area (Å²) in [6.07, 6.45) is 0. The molecule has 0 amide bonds. The van der Waals surface area contributed by atoms with E-state index in [1.165, 1.54) is 0 Å². The fraction of sp³-hybridized carbons (Fsp3) is 0.500. The molecule has 0 unspecified atom stereocenters. The van der Waals surface area contributed by atoms with E-state index in [-0.39, 0.29) is 0 Å². The Hall–Kier alpha value is -0.710. The number of hydrogen-bond acceptors (Lipinski definition) is 6. The highest BCUT2D eigenvalue weighted by atomic mass is 32.3. The zero-order valence-corrected chi connectivity index (χ0v) is 7.42. The molecule has 0 aliphatic heterocycles. The van der Waals surface area contributed by atoms with Gasteiger partial charge in [0.1, 0.15) is 0 Å². The molecule has 0 atom stereocenters. The van der Waals surface area contributed by atoms with E-state index in [2.05, 4.69) is 5.10 Å². The molecule has 0 saturated carbocycles. The van der Waals surface area contributed by atoms with Crippen LogP contribution in [0.1, 0.15) is 0 Å². The summed E-state index contributed by atoms with van der Waals surface area (Å²) >= 11 is 0. The highest BCUT2D eigenvalue weighted by molar-refractivity contribution is 8.27. The normalized spacial score (nSPS) is 12.2. The lowest BCUT2D eigenvalue weighted by Gasteiger charge is -1.96. The van der Waals surface area contributed by atoms with Crippen LogP contribution >= 0.6 is 0 Å². The van der Waals surface area contributed by atoms with Gasteiger partial charge in [-0.3, -0.25) is 9.11 Å². The van der Waals surface area contributed by atoms with Gasteiger partial charge in [-0.2, -0.15) is 21.9 Å². The third kappa shape index (κ3) is 3.13. The van der Waals surface area contributed by atoms with Gasteiger partial charge in [-0.05, 0) is 0 Å². The maximum atomic E-state index is 10.2. The molecule has 0 rings (SSSR count). The van der Waals surface area contributed by atoms with Crippen LogP contribution in [0.2, 0.25) is 0 Å². The molecular weight excluding hydrogens is 212 g/mol. The molecule has 3 N–H and O–H groups in total. The lowest BCUT2D eigenvalue weighted by Crippen LogP contribution is -2.25. The second kappa shape index (κ2) is 3.35. The van der Waals surface area contributed by atoms with Gasteiger partial charge in [-0.15, -0.1) is 0 Å². The molecule has 10 heteroatoms. The average molecular weight is 218 g/mol. The van der Waals surface area contributed by atoms with Crippen LogP contribution in [0.25, 0.3) is 0 Å². The first kappa shape index (κ1) is 11.3. The highest BCUT2D eigenvalue weighted by Crippen LogP contribution is 1.96. The molecule has 0 aliphatic rings. The minimum Gasteiger partial charge on any atom is -0.311 e. The Morgan fingerprint density at radius 1 is 1.17 bits per heavy atom. The number of hydrazone groups is 1. The summed E-state index contributed by atoms with van der Waals surface area (Å²) in [6.45, 7) is 0. The fourth-order valence-corrected chi connectivity index (χ4v) is 1.82. The standard InChI is InChI=1S/C2H6N2O6S2/c1-3-4-2(11(5,6)7)12(8,9)10/h3H,1H3,(H,5,6,7)(H,8,9,10). The third-order valence-electron chi connectivity index (χ3n) is 0.644. The van der Waals surface area contributed by atoms with Crippen LogP contribution in [0.15, 0.2) is 5.10 Å². The molecule has 0 aromatic carbocycles. The van der Waals surface area contributed by atoms with Gasteiger partial charge in [0.2, 0.25) is 0 Å². The van der Waals surface area contributed by atoms with E-state index in [1.807, 2.05) is 0 Å². The molecule has 12 heavy (non-hydrogen) atoms. The Labute approximate surface area is 68.8 Å². The molecule has 0 saturated heterocycles. The number of rotatable bonds is 1. The third-order valence-corrected chi connectivity index (χ3v) is 2.97. The first-order valence-electron chi connectivity index (χ1n) is 2.39. The van der Waals surface area contributed by atoms with E-state index in [1.54, 1.807) is 5.43 Å². The summed E-state index contributed by atoms with van der Waals surface area (Å²) in [5, 5.41) is 2.66. The molecule has 0 heterocycles. The SMILES string of the molecule is CNN=C(S(=O)(=O)O)S(=O)(=O)O. The summed E-state index contributed by atoms with van der Waals surface area (Å²) in [5.41, 5.74) is 1.79. The smallest absolute Gasteiger partial charge is 0.311 e. The molecule has 0 radical (unpaired) electrons. The van der Waals surface area contributed by atoms with Gasteiger partial charge in [0.25, 0.3) is 0 Å². The van der Waals surface area contributed by atoms with Crippen molar-refractivity contribution in [2.75, 3.05) is 7.05 Å². The zero-order valence-electron chi connectivity index (χ0n) is 5.79. The van der Waals surface area contributed by atoms with E-state index in [0.717, 1.165) is 7.05 Å². The summed E-state index contributed by atoms with van der Waals surface area (Å²) in [7, 11) is -8.98. The minimum absolute atomic E-state index is 1.09. The first-order valence-corrected chi connectivity index (χ1v) is 5.27. The molecule has 8 nitrogen and oxygen atoms in total. The minimum atomic E-state index is -5.04. The van der Waals surface area contributed by atoms with E-state index in [9.17, 15) is 16.8 Å². The summed E-state index contributed by atoms with van der Waals surface area (Å²) in [4.78, 5) is 0. The van der Waals surface area contributed by atoms with Crippen LogP contribution in [-0.4, -0.2) is 37.4 Å². The second-order valence-corrected chi connectivity index (χ2v) is 4.48. The lowest BCUT2D eigenvalue weighted by atomic mass is 11.5. The Bertz CT molecular complexity index is 342. The van der Waals surface area contributed by atoms with Gasteiger partial charge in [-0.25, -0.2) is 0 Å². The number of hydrogen-bond donors (Lipinski definition) is 3. The molecule has 0 fully saturated rings. The molecule has 0 aliphatic carbocycles. The quantitative estimate of drug-likeness (QED) is 0.206. The topological polar surface area (TPSA) is 133 Å². The zero-order chi connectivity index (χ0) is 9.99. The molecule has 0 spiro atoms. The predicted molar refractivity (Wildman–Crippen MR) is 39.6 cm³/mol. The van der Waals surface area contributed by atoms with Gasteiger partial charge < -0.3 is 5.43 Å². The van der Waals surface area contributed by atoms with Gasteiger partial charge in [-0.1, -0.05) is 0 Å². The van der Waals surface area contributed by atoms with Gasteiger partial charge >= 0.3 is 24.6 Å². The van der Waals surface area contributed by atoms with Gasteiger partial charge in [0.05, 0.1) is 0 Å². The van der Waals surface area contributed by atoms with Crippen molar-refractivity contribution < 1.29 is 25.9 Å². The van der Waals surface area contributed by atoms with Crippen molar-refractivity contribution in [3.8, 4) is 0 Å². The largest absolute Gasteiger partial charge is 0.327 e. The van der Waals surface area contributed by atoms with Crippen molar-refractivity contribution in [1.82, 2.24) is 5.43 Å². The molecule has 0 aromatic heterocycles. The fourth-order valence-electron chi connectivity index (χ4n) is 0.340. The van der Waals surface area contributed by atoms with Crippen LogP contribution in [0.4, 0.5) is 0 Å². The maximum Gasteiger partial charge on any atom is 0.327 e. The highest BCUT2D eigenvalue weighted by Gasteiger charge is 2.29. The van der Waals surface area contributed by atoms with Crippen molar-refractivity contribution in [2.45, 2.75) is 0 Å². The lowest BCUT2D eigenvalue weighted by molar-refractivity contribution is 0.490. The summed E-state index contributed by atoms with van der Waals surface area (Å²) < 4.78 is 55.5. The molecule has 0 aromatic rings. The molecule has 0 bridgehead atoms. The average Bonchev–Trinajstić information content (AvgIpc) is 1.77. The number of nitrogens with one attached hydrogen (secondary N) is 1. The van der Waals surface area contributed by atoms with Crippen LogP contribution in [0, 0.1) is 0 Å². The van der Waals surface area contributed by atoms with E-state index in [4.69, 9.17) is 9.11 Å². The van der Waals surface area contributed by atoms with Crippen LogP contribution < -0.4 is 5.43 Å². The van der Waals surface area contributed by atoms with E-state index >= 15 is 0 Å². The predicted octanol–water partition coefficient (Wildman–Crippen LogP) is -1.75. The first-order chi connectivity index (χ1) is 5.19. The van der Waals surface area contributed by atoms with Crippen LogP contribution in [0.3, 0.4) is 0 Å². The Morgan fingerprint density at radius 2 is 1.50 bits per heavy atom. The Balaban J connectivity index is 5.43. The van der Waals surface area contributed by atoms with Crippen LogP contribution in [0.5, 0.6) is 0 Å². The summed E-state index contributed by atoms with van der Waals surface area (Å²) in [5.74, 6) is 0. The van der Waals surface area contributed by atoms with Crippen molar-refractivity contribution in [1.29, 1.82) is 0 Å². The second-order valence-electron chi connectivity index (χ2n) is 1.55. The van der Waals surface area contributed by atoms with Crippen molar-refractivity contribution in [3.63, 3.8) is 0 Å². The van der Waals surface area contributed by atoms with E-state index in [0.29, 0.717) is 0 Å².